The van der Waals surface area contributed by atoms with Gasteiger partial charge in [0.1, 0.15) is 0 Å². The molecule has 4 nitrogen and oxygen atoms in total. The third-order valence-electron chi connectivity index (χ3n) is 2.89. The molecule has 0 heterocycles. The van der Waals surface area contributed by atoms with E-state index in [-0.39, 0.29) is 5.75 Å². The molecule has 0 aromatic heterocycles. The molecule has 6 heteroatoms. The number of carboxylic acids is 1. The third kappa shape index (κ3) is 7.81. The van der Waals surface area contributed by atoms with E-state index in [0.717, 1.165) is 18.9 Å². The van der Waals surface area contributed by atoms with Crippen molar-refractivity contribution in [1.29, 1.82) is 0 Å². The highest BCUT2D eigenvalue weighted by Crippen LogP contribution is 2.16. The maximum atomic E-state index is 12.1. The fraction of sp³-hybridized carbons (Fsp3) is 0.235. The molecular formula is C17H19ClO4S. The van der Waals surface area contributed by atoms with Crippen LogP contribution in [-0.4, -0.2) is 25.2 Å². The van der Waals surface area contributed by atoms with Gasteiger partial charge in [0.15, 0.2) is 9.84 Å². The molecule has 2 aromatic carbocycles. The van der Waals surface area contributed by atoms with Crippen LogP contribution >= 0.6 is 11.6 Å². The van der Waals surface area contributed by atoms with Gasteiger partial charge in [0.2, 0.25) is 0 Å². The third-order valence-corrected chi connectivity index (χ3v) is 4.96. The minimum atomic E-state index is -3.21. The fourth-order valence-electron chi connectivity index (χ4n) is 1.87. The summed E-state index contributed by atoms with van der Waals surface area (Å²) in [7, 11) is -3.21. The largest absolute Gasteiger partial charge is 0.481 e. The second kappa shape index (κ2) is 9.33. The van der Waals surface area contributed by atoms with E-state index in [2.05, 4.69) is 0 Å². The summed E-state index contributed by atoms with van der Waals surface area (Å²) in [4.78, 5) is 9.34. The number of sulfone groups is 1. The highest BCUT2D eigenvalue weighted by molar-refractivity contribution is 7.91. The Morgan fingerprint density at radius 1 is 1.04 bits per heavy atom. The van der Waals surface area contributed by atoms with E-state index in [9.17, 15) is 8.42 Å². The zero-order valence-corrected chi connectivity index (χ0v) is 14.3. The van der Waals surface area contributed by atoms with Gasteiger partial charge < -0.3 is 5.11 Å². The van der Waals surface area contributed by atoms with Crippen molar-refractivity contribution in [3.63, 3.8) is 0 Å². The number of hydrogen-bond donors (Lipinski definition) is 1. The molecule has 0 bridgehead atoms. The fourth-order valence-corrected chi connectivity index (χ4v) is 3.31. The van der Waals surface area contributed by atoms with E-state index < -0.39 is 15.8 Å². The topological polar surface area (TPSA) is 71.4 Å². The van der Waals surface area contributed by atoms with Crippen LogP contribution < -0.4 is 0 Å². The Labute approximate surface area is 141 Å². The number of rotatable bonds is 5. The SMILES string of the molecule is CC(=O)O.O=S(=O)(CCCc1ccccc1)c1ccc(Cl)cc1. The molecular weight excluding hydrogens is 336 g/mol. The van der Waals surface area contributed by atoms with Gasteiger partial charge in [-0.05, 0) is 42.7 Å². The van der Waals surface area contributed by atoms with Crippen molar-refractivity contribution in [3.8, 4) is 0 Å². The first-order chi connectivity index (χ1) is 10.8. The molecule has 23 heavy (non-hydrogen) atoms. The van der Waals surface area contributed by atoms with Gasteiger partial charge in [-0.1, -0.05) is 41.9 Å². The summed E-state index contributed by atoms with van der Waals surface area (Å²) in [6, 6.07) is 16.2. The van der Waals surface area contributed by atoms with E-state index in [0.29, 0.717) is 16.3 Å². The van der Waals surface area contributed by atoms with Gasteiger partial charge in [0.25, 0.3) is 5.97 Å². The first kappa shape index (κ1) is 19.2. The molecule has 0 aliphatic carbocycles. The summed E-state index contributed by atoms with van der Waals surface area (Å²) in [5.74, 6) is -0.677. The molecule has 0 radical (unpaired) electrons. The first-order valence-corrected chi connectivity index (χ1v) is 9.06. The van der Waals surface area contributed by atoms with Gasteiger partial charge in [-0.2, -0.15) is 0 Å². The maximum Gasteiger partial charge on any atom is 0.300 e. The van der Waals surface area contributed by atoms with E-state index in [1.165, 1.54) is 0 Å². The zero-order valence-electron chi connectivity index (χ0n) is 12.8. The van der Waals surface area contributed by atoms with E-state index in [1.54, 1.807) is 24.3 Å². The van der Waals surface area contributed by atoms with E-state index in [4.69, 9.17) is 21.5 Å². The van der Waals surface area contributed by atoms with Crippen molar-refractivity contribution in [2.45, 2.75) is 24.7 Å². The van der Waals surface area contributed by atoms with Gasteiger partial charge in [-0.25, -0.2) is 8.42 Å². The van der Waals surface area contributed by atoms with Crippen molar-refractivity contribution in [2.75, 3.05) is 5.75 Å². The molecule has 124 valence electrons. The Bertz CT molecular complexity index is 706. The summed E-state index contributed by atoms with van der Waals surface area (Å²) in [6.45, 7) is 1.08. The normalized spacial score (nSPS) is 10.5. The lowest BCUT2D eigenvalue weighted by molar-refractivity contribution is -0.134. The van der Waals surface area contributed by atoms with Crippen LogP contribution in [0.15, 0.2) is 59.5 Å². The molecule has 2 rings (SSSR count). The number of benzene rings is 2. The minimum Gasteiger partial charge on any atom is -0.481 e. The number of aliphatic carboxylic acids is 1. The lowest BCUT2D eigenvalue weighted by Crippen LogP contribution is -2.07. The van der Waals surface area contributed by atoms with Crippen LogP contribution in [0.5, 0.6) is 0 Å². The van der Waals surface area contributed by atoms with Gasteiger partial charge in [0, 0.05) is 11.9 Å². The van der Waals surface area contributed by atoms with Gasteiger partial charge in [-0.3, -0.25) is 4.79 Å². The lowest BCUT2D eigenvalue weighted by atomic mass is 10.1. The number of halogens is 1. The maximum absolute atomic E-state index is 12.1. The highest BCUT2D eigenvalue weighted by atomic mass is 35.5. The quantitative estimate of drug-likeness (QED) is 0.885. The summed E-state index contributed by atoms with van der Waals surface area (Å²) in [5.41, 5.74) is 1.16. The zero-order chi connectivity index (χ0) is 17.3. The van der Waals surface area contributed by atoms with Gasteiger partial charge in [0.05, 0.1) is 10.6 Å². The van der Waals surface area contributed by atoms with Crippen LogP contribution in [-0.2, 0) is 21.1 Å². The van der Waals surface area contributed by atoms with Crippen LogP contribution in [0.4, 0.5) is 0 Å². The molecule has 0 amide bonds. The number of aryl methyl sites for hydroxylation is 1. The van der Waals surface area contributed by atoms with Crippen molar-refractivity contribution in [1.82, 2.24) is 0 Å². The van der Waals surface area contributed by atoms with E-state index >= 15 is 0 Å². The van der Waals surface area contributed by atoms with Crippen LogP contribution in [0.3, 0.4) is 0 Å². The summed E-state index contributed by atoms with van der Waals surface area (Å²) in [5, 5.41) is 7.96. The summed E-state index contributed by atoms with van der Waals surface area (Å²) in [6.07, 6.45) is 1.39. The van der Waals surface area contributed by atoms with Crippen LogP contribution in [0, 0.1) is 0 Å². The molecule has 0 saturated carbocycles. The average molecular weight is 355 g/mol. The Morgan fingerprint density at radius 3 is 2.09 bits per heavy atom. The summed E-state index contributed by atoms with van der Waals surface area (Å²) < 4.78 is 24.2. The Kier molecular flexibility index (Phi) is 7.78. The van der Waals surface area contributed by atoms with E-state index in [1.807, 2.05) is 30.3 Å². The average Bonchev–Trinajstić information content (AvgIpc) is 2.48. The molecule has 0 saturated heterocycles. The van der Waals surface area contributed by atoms with Crippen molar-refractivity contribution in [2.24, 2.45) is 0 Å². The van der Waals surface area contributed by atoms with Crippen molar-refractivity contribution < 1.29 is 18.3 Å². The lowest BCUT2D eigenvalue weighted by Gasteiger charge is -2.05. The van der Waals surface area contributed by atoms with Crippen LogP contribution in [0.1, 0.15) is 18.9 Å². The number of carboxylic acid groups (broad SMARTS) is 1. The Balaban J connectivity index is 0.000000593. The monoisotopic (exact) mass is 354 g/mol. The highest BCUT2D eigenvalue weighted by Gasteiger charge is 2.13. The summed E-state index contributed by atoms with van der Waals surface area (Å²) >= 11 is 5.75. The molecule has 0 unspecified atom stereocenters. The molecule has 0 aliphatic heterocycles. The Morgan fingerprint density at radius 2 is 1.57 bits per heavy atom. The second-order valence-corrected chi connectivity index (χ2v) is 7.43. The van der Waals surface area contributed by atoms with Crippen LogP contribution in [0.2, 0.25) is 5.02 Å². The molecule has 0 fully saturated rings. The standard InChI is InChI=1S/C15H15ClO2S.C2H4O2/c16-14-8-10-15(11-9-14)19(17,18)12-4-7-13-5-2-1-3-6-13;1-2(3)4/h1-3,5-6,8-11H,4,7,12H2;1H3,(H,3,4). The minimum absolute atomic E-state index is 0.156. The smallest absolute Gasteiger partial charge is 0.300 e. The van der Waals surface area contributed by atoms with Gasteiger partial charge >= 0.3 is 0 Å². The van der Waals surface area contributed by atoms with Crippen molar-refractivity contribution >= 4 is 27.4 Å². The molecule has 0 aliphatic rings. The van der Waals surface area contributed by atoms with Gasteiger partial charge in [-0.15, -0.1) is 0 Å². The predicted octanol–water partition coefficient (Wildman–Crippen LogP) is 3.84. The molecule has 1 N–H and O–H groups in total. The number of hydrogen-bond acceptors (Lipinski definition) is 3. The predicted molar refractivity (Wildman–Crippen MR) is 91.6 cm³/mol. The van der Waals surface area contributed by atoms with Crippen molar-refractivity contribution in [3.05, 3.63) is 65.2 Å². The van der Waals surface area contributed by atoms with Crippen LogP contribution in [0.25, 0.3) is 0 Å². The number of carbonyl (C=O) groups is 1. The Hall–Kier alpha value is -1.85. The second-order valence-electron chi connectivity index (χ2n) is 4.88. The first-order valence-electron chi connectivity index (χ1n) is 7.03. The molecule has 0 atom stereocenters. The molecule has 2 aromatic rings. The molecule has 0 spiro atoms.